The Bertz CT molecular complexity index is 576. The summed E-state index contributed by atoms with van der Waals surface area (Å²) in [6, 6.07) is 9.43. The number of hydrogen-bond donors (Lipinski definition) is 0. The third-order valence-electron chi connectivity index (χ3n) is 2.73. The molecule has 0 aliphatic heterocycles. The van der Waals surface area contributed by atoms with E-state index in [1.807, 2.05) is 26.0 Å². The van der Waals surface area contributed by atoms with Crippen LogP contribution in [0.2, 0.25) is 0 Å². The Labute approximate surface area is 108 Å². The second-order valence-electron chi connectivity index (χ2n) is 4.17. The summed E-state index contributed by atoms with van der Waals surface area (Å²) in [7, 11) is 0. The zero-order chi connectivity index (χ0) is 14.0. The van der Waals surface area contributed by atoms with Gasteiger partial charge in [-0.3, -0.25) is 4.98 Å². The number of aryl methyl sites for hydroxylation is 2. The number of alkyl halides is 3. The van der Waals surface area contributed by atoms with Crippen LogP contribution in [-0.2, 0) is 0 Å². The number of hydrogen-bond acceptors (Lipinski definition) is 2. The molecule has 2 nitrogen and oxygen atoms in total. The molecule has 0 aliphatic carbocycles. The molecule has 0 unspecified atom stereocenters. The lowest BCUT2D eigenvalue weighted by Crippen LogP contribution is -2.16. The summed E-state index contributed by atoms with van der Waals surface area (Å²) in [6.45, 7) is 3.84. The number of benzene rings is 1. The van der Waals surface area contributed by atoms with Crippen LogP contribution in [-0.4, -0.2) is 11.3 Å². The van der Waals surface area contributed by atoms with Gasteiger partial charge in [-0.05, 0) is 49.7 Å². The highest BCUT2D eigenvalue weighted by molar-refractivity contribution is 5.60. The third kappa shape index (κ3) is 3.47. The summed E-state index contributed by atoms with van der Waals surface area (Å²) in [5.74, 6) is -0.236. The number of rotatable bonds is 2. The topological polar surface area (TPSA) is 22.1 Å². The van der Waals surface area contributed by atoms with Gasteiger partial charge in [-0.25, -0.2) is 0 Å². The Balaban J connectivity index is 2.25. The first-order valence-electron chi connectivity index (χ1n) is 5.65. The van der Waals surface area contributed by atoms with Gasteiger partial charge in [-0.2, -0.15) is 0 Å². The van der Waals surface area contributed by atoms with Crippen molar-refractivity contribution in [1.29, 1.82) is 0 Å². The Morgan fingerprint density at radius 3 is 2.11 bits per heavy atom. The number of nitrogens with zero attached hydrogens (tertiary/aromatic N) is 1. The summed E-state index contributed by atoms with van der Waals surface area (Å²) in [6.07, 6.45) is -4.67. The van der Waals surface area contributed by atoms with E-state index in [4.69, 9.17) is 0 Å². The first-order valence-corrected chi connectivity index (χ1v) is 5.65. The first-order chi connectivity index (χ1) is 8.85. The summed E-state index contributed by atoms with van der Waals surface area (Å²) in [5, 5.41) is 0. The molecular weight excluding hydrogens is 255 g/mol. The second-order valence-corrected chi connectivity index (χ2v) is 4.17. The SMILES string of the molecule is Cc1ccc(-c2ccc(OC(F)(F)F)cc2)nc1C. The van der Waals surface area contributed by atoms with E-state index in [1.165, 1.54) is 12.1 Å². The maximum atomic E-state index is 12.0. The number of aromatic nitrogens is 1. The average molecular weight is 267 g/mol. The Kier molecular flexibility index (Phi) is 3.46. The fourth-order valence-electron chi connectivity index (χ4n) is 1.62. The fourth-order valence-corrected chi connectivity index (χ4v) is 1.62. The van der Waals surface area contributed by atoms with Crippen LogP contribution in [0.15, 0.2) is 36.4 Å². The van der Waals surface area contributed by atoms with E-state index < -0.39 is 6.36 Å². The molecule has 0 saturated carbocycles. The predicted octanol–water partition coefficient (Wildman–Crippen LogP) is 4.26. The standard InChI is InChI=1S/C14H12F3NO/c1-9-3-8-13(18-10(9)2)11-4-6-12(7-5-11)19-14(15,16)17/h3-8H,1-2H3. The van der Waals surface area contributed by atoms with Crippen molar-refractivity contribution in [3.63, 3.8) is 0 Å². The minimum absolute atomic E-state index is 0.236. The van der Waals surface area contributed by atoms with Crippen molar-refractivity contribution in [1.82, 2.24) is 4.98 Å². The van der Waals surface area contributed by atoms with Crippen LogP contribution < -0.4 is 4.74 Å². The first kappa shape index (κ1) is 13.4. The molecule has 0 saturated heterocycles. The van der Waals surface area contributed by atoms with Gasteiger partial charge < -0.3 is 4.74 Å². The van der Waals surface area contributed by atoms with Crippen LogP contribution in [0.4, 0.5) is 13.2 Å². The minimum atomic E-state index is -4.67. The monoisotopic (exact) mass is 267 g/mol. The molecular formula is C14H12F3NO. The average Bonchev–Trinajstić information content (AvgIpc) is 2.32. The van der Waals surface area contributed by atoms with Gasteiger partial charge in [0.2, 0.25) is 0 Å². The maximum absolute atomic E-state index is 12.0. The summed E-state index contributed by atoms with van der Waals surface area (Å²) in [4.78, 5) is 4.38. The minimum Gasteiger partial charge on any atom is -0.406 e. The lowest BCUT2D eigenvalue weighted by molar-refractivity contribution is -0.274. The van der Waals surface area contributed by atoms with Gasteiger partial charge in [0.1, 0.15) is 5.75 Å². The van der Waals surface area contributed by atoms with E-state index in [1.54, 1.807) is 12.1 Å². The summed E-state index contributed by atoms with van der Waals surface area (Å²) >= 11 is 0. The van der Waals surface area contributed by atoms with Crippen molar-refractivity contribution in [2.45, 2.75) is 20.2 Å². The van der Waals surface area contributed by atoms with Crippen LogP contribution in [0.3, 0.4) is 0 Å². The van der Waals surface area contributed by atoms with E-state index in [0.29, 0.717) is 0 Å². The zero-order valence-corrected chi connectivity index (χ0v) is 10.5. The second kappa shape index (κ2) is 4.91. The molecule has 0 atom stereocenters. The molecule has 0 radical (unpaired) electrons. The molecule has 0 N–H and O–H groups in total. The van der Waals surface area contributed by atoms with Gasteiger partial charge in [0, 0.05) is 11.3 Å². The Morgan fingerprint density at radius 2 is 1.58 bits per heavy atom. The predicted molar refractivity (Wildman–Crippen MR) is 65.8 cm³/mol. The van der Waals surface area contributed by atoms with Gasteiger partial charge in [0.05, 0.1) is 5.69 Å². The Hall–Kier alpha value is -2.04. The van der Waals surface area contributed by atoms with E-state index in [9.17, 15) is 13.2 Å². The molecule has 1 heterocycles. The highest BCUT2D eigenvalue weighted by Gasteiger charge is 2.30. The largest absolute Gasteiger partial charge is 0.573 e. The van der Waals surface area contributed by atoms with Crippen molar-refractivity contribution in [3.8, 4) is 17.0 Å². The van der Waals surface area contributed by atoms with E-state index in [0.717, 1.165) is 22.5 Å². The van der Waals surface area contributed by atoms with Crippen LogP contribution >= 0.6 is 0 Å². The zero-order valence-electron chi connectivity index (χ0n) is 10.5. The van der Waals surface area contributed by atoms with E-state index >= 15 is 0 Å². The van der Waals surface area contributed by atoms with E-state index in [-0.39, 0.29) is 5.75 Å². The van der Waals surface area contributed by atoms with Crippen LogP contribution in [0.5, 0.6) is 5.75 Å². The van der Waals surface area contributed by atoms with Gasteiger partial charge in [-0.15, -0.1) is 13.2 Å². The lowest BCUT2D eigenvalue weighted by Gasteiger charge is -2.09. The normalized spacial score (nSPS) is 11.4. The van der Waals surface area contributed by atoms with Crippen molar-refractivity contribution < 1.29 is 17.9 Å². The van der Waals surface area contributed by atoms with Gasteiger partial charge in [0.25, 0.3) is 0 Å². The molecule has 0 amide bonds. The lowest BCUT2D eigenvalue weighted by atomic mass is 10.1. The van der Waals surface area contributed by atoms with Crippen molar-refractivity contribution >= 4 is 0 Å². The molecule has 1 aromatic carbocycles. The third-order valence-corrected chi connectivity index (χ3v) is 2.73. The molecule has 0 bridgehead atoms. The molecule has 0 aliphatic rings. The van der Waals surface area contributed by atoms with Crippen molar-refractivity contribution in [3.05, 3.63) is 47.7 Å². The number of halogens is 3. The molecule has 1 aromatic heterocycles. The van der Waals surface area contributed by atoms with Crippen molar-refractivity contribution in [2.75, 3.05) is 0 Å². The maximum Gasteiger partial charge on any atom is 0.573 e. The molecule has 2 aromatic rings. The van der Waals surface area contributed by atoms with E-state index in [2.05, 4.69) is 9.72 Å². The van der Waals surface area contributed by atoms with Gasteiger partial charge >= 0.3 is 6.36 Å². The molecule has 100 valence electrons. The fraction of sp³-hybridized carbons (Fsp3) is 0.214. The number of ether oxygens (including phenoxy) is 1. The molecule has 19 heavy (non-hydrogen) atoms. The Morgan fingerprint density at radius 1 is 0.947 bits per heavy atom. The summed E-state index contributed by atoms with van der Waals surface area (Å²) < 4.78 is 39.9. The van der Waals surface area contributed by atoms with Crippen LogP contribution in [0, 0.1) is 13.8 Å². The quantitative estimate of drug-likeness (QED) is 0.810. The van der Waals surface area contributed by atoms with Crippen LogP contribution in [0.1, 0.15) is 11.3 Å². The molecule has 0 spiro atoms. The van der Waals surface area contributed by atoms with Crippen LogP contribution in [0.25, 0.3) is 11.3 Å². The number of pyridine rings is 1. The summed E-state index contributed by atoms with van der Waals surface area (Å²) in [5.41, 5.74) is 3.44. The molecule has 0 fully saturated rings. The smallest absolute Gasteiger partial charge is 0.406 e. The molecule has 5 heteroatoms. The van der Waals surface area contributed by atoms with Crippen molar-refractivity contribution in [2.24, 2.45) is 0 Å². The highest BCUT2D eigenvalue weighted by atomic mass is 19.4. The van der Waals surface area contributed by atoms with Gasteiger partial charge in [0.15, 0.2) is 0 Å². The molecule has 2 rings (SSSR count). The highest BCUT2D eigenvalue weighted by Crippen LogP contribution is 2.26. The van der Waals surface area contributed by atoms with Gasteiger partial charge in [-0.1, -0.05) is 6.07 Å².